The molecule has 0 aliphatic rings. The van der Waals surface area contributed by atoms with E-state index < -0.39 is 17.6 Å². The molecular weight excluding hydrogens is 501 g/mol. The minimum atomic E-state index is -3.95. The summed E-state index contributed by atoms with van der Waals surface area (Å²) in [5.74, 6) is 0.699. The van der Waals surface area contributed by atoms with Crippen LogP contribution in [-0.2, 0) is 35.1 Å². The van der Waals surface area contributed by atoms with Gasteiger partial charge in [-0.05, 0) is 56.0 Å². The predicted octanol–water partition coefficient (Wildman–Crippen LogP) is 6.34. The highest BCUT2D eigenvalue weighted by Gasteiger charge is 2.29. The lowest BCUT2D eigenvalue weighted by atomic mass is 10.2. The molecule has 2 aromatic rings. The summed E-state index contributed by atoms with van der Waals surface area (Å²) in [4.78, 5) is 5.93. The van der Waals surface area contributed by atoms with Gasteiger partial charge >= 0.3 is 7.60 Å². The molecular formula is C26H40NO7PS. The number of hydrogen-bond donors (Lipinski definition) is 0. The molecule has 0 amide bonds. The molecule has 36 heavy (non-hydrogen) atoms. The zero-order valence-electron chi connectivity index (χ0n) is 21.9. The van der Waals surface area contributed by atoms with Gasteiger partial charge in [-0.3, -0.25) is 9.40 Å². The maximum absolute atomic E-state index is 13.4. The smallest absolute Gasteiger partial charge is 0.330 e. The second kappa shape index (κ2) is 15.5. The van der Waals surface area contributed by atoms with Crippen LogP contribution in [0.15, 0.2) is 53.4 Å². The number of hydroxylamine groups is 1. The van der Waals surface area contributed by atoms with Crippen molar-refractivity contribution in [2.75, 3.05) is 33.0 Å². The molecule has 8 nitrogen and oxygen atoms in total. The Kier molecular flexibility index (Phi) is 13.1. The molecule has 0 fully saturated rings. The Labute approximate surface area is 216 Å². The fraction of sp³-hybridized carbons (Fsp3) is 0.538. The summed E-state index contributed by atoms with van der Waals surface area (Å²) in [6, 6.07) is 13.8. The monoisotopic (exact) mass is 541 g/mol. The highest BCUT2D eigenvalue weighted by atomic mass is 32.2. The lowest BCUT2D eigenvalue weighted by Gasteiger charge is -2.23. The highest BCUT2D eigenvalue weighted by Crippen LogP contribution is 2.49. The number of hydrogen-bond acceptors (Lipinski definition) is 7. The third-order valence-electron chi connectivity index (χ3n) is 5.47. The maximum Gasteiger partial charge on any atom is 0.330 e. The number of sulfonamides is 1. The minimum absolute atomic E-state index is 0.00459. The average molecular weight is 542 g/mol. The van der Waals surface area contributed by atoms with E-state index in [1.165, 1.54) is 0 Å². The van der Waals surface area contributed by atoms with Crippen LogP contribution in [0.2, 0.25) is 0 Å². The lowest BCUT2D eigenvalue weighted by Crippen LogP contribution is -2.32. The SMILES string of the molecule is CCCCOP(=O)(CCCN(OCc1ccc(OC)cc1)S(=O)(=O)c1ccc(C)cc1)OCCCC. The second-order valence-corrected chi connectivity index (χ2v) is 12.5. The Bertz CT molecular complexity index is 1030. The Hall–Kier alpha value is -1.74. The Balaban J connectivity index is 2.14. The summed E-state index contributed by atoms with van der Waals surface area (Å²) in [7, 11) is -5.71. The van der Waals surface area contributed by atoms with Gasteiger partial charge < -0.3 is 13.8 Å². The zero-order valence-corrected chi connectivity index (χ0v) is 23.6. The van der Waals surface area contributed by atoms with Crippen molar-refractivity contribution in [2.24, 2.45) is 0 Å². The largest absolute Gasteiger partial charge is 0.497 e. The van der Waals surface area contributed by atoms with E-state index >= 15 is 0 Å². The van der Waals surface area contributed by atoms with Crippen LogP contribution in [0.1, 0.15) is 57.1 Å². The number of benzene rings is 2. The van der Waals surface area contributed by atoms with Crippen LogP contribution in [0.5, 0.6) is 5.75 Å². The summed E-state index contributed by atoms with van der Waals surface area (Å²) in [5.41, 5.74) is 1.74. The van der Waals surface area contributed by atoms with E-state index in [1.807, 2.05) is 32.9 Å². The molecule has 0 heterocycles. The summed E-state index contributed by atoms with van der Waals surface area (Å²) in [5, 5.41) is 0. The van der Waals surface area contributed by atoms with Gasteiger partial charge in [-0.2, -0.15) is 0 Å². The van der Waals surface area contributed by atoms with Crippen LogP contribution in [0.4, 0.5) is 0 Å². The molecule has 0 atom stereocenters. The summed E-state index contributed by atoms with van der Waals surface area (Å²) in [6.07, 6.45) is 3.74. The maximum atomic E-state index is 13.4. The van der Waals surface area contributed by atoms with Gasteiger partial charge in [0.2, 0.25) is 0 Å². The molecule has 2 rings (SSSR count). The van der Waals surface area contributed by atoms with Crippen molar-refractivity contribution in [3.8, 4) is 5.75 Å². The lowest BCUT2D eigenvalue weighted by molar-refractivity contribution is -0.0959. The van der Waals surface area contributed by atoms with Gasteiger partial charge in [-0.15, -0.1) is 0 Å². The molecule has 0 radical (unpaired) electrons. The van der Waals surface area contributed by atoms with E-state index in [2.05, 4.69) is 0 Å². The summed E-state index contributed by atoms with van der Waals surface area (Å²) in [6.45, 7) is 6.69. The van der Waals surface area contributed by atoms with Gasteiger partial charge in [0.1, 0.15) is 5.75 Å². The van der Waals surface area contributed by atoms with Gasteiger partial charge in [0.25, 0.3) is 10.0 Å². The Morgan fingerprint density at radius 2 is 1.44 bits per heavy atom. The number of aryl methyl sites for hydroxylation is 1. The molecule has 0 saturated carbocycles. The molecule has 0 spiro atoms. The Morgan fingerprint density at radius 3 is 1.97 bits per heavy atom. The molecule has 0 unspecified atom stereocenters. The van der Waals surface area contributed by atoms with Crippen molar-refractivity contribution in [1.82, 2.24) is 4.47 Å². The average Bonchev–Trinajstić information content (AvgIpc) is 2.87. The fourth-order valence-electron chi connectivity index (χ4n) is 3.21. The first kappa shape index (κ1) is 30.5. The van der Waals surface area contributed by atoms with Crippen LogP contribution < -0.4 is 4.74 Å². The van der Waals surface area contributed by atoms with Crippen molar-refractivity contribution in [3.63, 3.8) is 0 Å². The first-order valence-corrected chi connectivity index (χ1v) is 15.6. The van der Waals surface area contributed by atoms with Crippen LogP contribution in [-0.4, -0.2) is 45.9 Å². The topological polar surface area (TPSA) is 91.4 Å². The molecule has 0 bridgehead atoms. The van der Waals surface area contributed by atoms with Gasteiger partial charge in [-0.25, -0.2) is 8.42 Å². The van der Waals surface area contributed by atoms with E-state index in [9.17, 15) is 13.0 Å². The van der Waals surface area contributed by atoms with Crippen molar-refractivity contribution in [3.05, 3.63) is 59.7 Å². The fourth-order valence-corrected chi connectivity index (χ4v) is 6.16. The number of ether oxygens (including phenoxy) is 1. The molecule has 2 aromatic carbocycles. The van der Waals surface area contributed by atoms with Crippen molar-refractivity contribution >= 4 is 17.6 Å². The van der Waals surface area contributed by atoms with E-state index in [-0.39, 0.29) is 30.6 Å². The molecule has 0 aliphatic carbocycles. The van der Waals surface area contributed by atoms with E-state index in [0.717, 1.165) is 41.3 Å². The zero-order chi connectivity index (χ0) is 26.4. The molecule has 0 N–H and O–H groups in total. The van der Waals surface area contributed by atoms with Crippen molar-refractivity contribution in [2.45, 2.75) is 64.4 Å². The van der Waals surface area contributed by atoms with Crippen molar-refractivity contribution in [1.29, 1.82) is 0 Å². The van der Waals surface area contributed by atoms with Crippen LogP contribution in [0, 0.1) is 6.92 Å². The van der Waals surface area contributed by atoms with E-state index in [4.69, 9.17) is 18.6 Å². The normalized spacial score (nSPS) is 12.2. The molecule has 0 aliphatic heterocycles. The summed E-state index contributed by atoms with van der Waals surface area (Å²) >= 11 is 0. The van der Waals surface area contributed by atoms with Crippen LogP contribution >= 0.6 is 7.60 Å². The minimum Gasteiger partial charge on any atom is -0.497 e. The Morgan fingerprint density at radius 1 is 0.861 bits per heavy atom. The van der Waals surface area contributed by atoms with Gasteiger partial charge in [0.15, 0.2) is 0 Å². The number of rotatable bonds is 18. The predicted molar refractivity (Wildman–Crippen MR) is 142 cm³/mol. The second-order valence-electron chi connectivity index (χ2n) is 8.53. The molecule has 0 saturated heterocycles. The van der Waals surface area contributed by atoms with Gasteiger partial charge in [-0.1, -0.05) is 61.0 Å². The third kappa shape index (κ3) is 9.96. The van der Waals surface area contributed by atoms with E-state index in [1.54, 1.807) is 43.5 Å². The standard InChI is InChI=1S/C26H40NO7PS/c1-5-7-19-33-35(28,34-20-8-6-2)21-9-18-27(32-22-24-12-14-25(31-4)15-13-24)36(29,30)26-16-10-23(3)11-17-26/h10-17H,5-9,18-22H2,1-4H3. The summed E-state index contributed by atoms with van der Waals surface area (Å²) < 4.78 is 57.5. The highest BCUT2D eigenvalue weighted by molar-refractivity contribution is 7.89. The number of methoxy groups -OCH3 is 1. The van der Waals surface area contributed by atoms with Gasteiger partial charge in [0.05, 0.1) is 38.0 Å². The first-order valence-electron chi connectivity index (χ1n) is 12.5. The van der Waals surface area contributed by atoms with Crippen molar-refractivity contribution < 1.29 is 31.6 Å². The number of nitrogens with zero attached hydrogens (tertiary/aromatic N) is 1. The van der Waals surface area contributed by atoms with Gasteiger partial charge in [0, 0.05) is 6.54 Å². The molecule has 0 aromatic heterocycles. The van der Waals surface area contributed by atoms with E-state index in [0.29, 0.717) is 19.0 Å². The molecule has 202 valence electrons. The quantitative estimate of drug-likeness (QED) is 0.123. The molecule has 10 heteroatoms. The van der Waals surface area contributed by atoms with Crippen LogP contribution in [0.25, 0.3) is 0 Å². The first-order chi connectivity index (χ1) is 17.2. The third-order valence-corrected chi connectivity index (χ3v) is 9.17. The number of unbranched alkanes of at least 4 members (excludes halogenated alkanes) is 2. The van der Waals surface area contributed by atoms with Crippen LogP contribution in [0.3, 0.4) is 0 Å².